The van der Waals surface area contributed by atoms with E-state index in [9.17, 15) is 9.59 Å². The number of esters is 1. The summed E-state index contributed by atoms with van der Waals surface area (Å²) in [6.45, 7) is 15.5. The number of hydrogen-bond acceptors (Lipinski definition) is 8. The quantitative estimate of drug-likeness (QED) is 0.277. The Bertz CT molecular complexity index is 1520. The first-order valence-electron chi connectivity index (χ1n) is 13.3. The monoisotopic (exact) mass is 548 g/mol. The fraction of sp³-hybridized carbons (Fsp3) is 0.484. The predicted molar refractivity (Wildman–Crippen MR) is 157 cm³/mol. The zero-order chi connectivity index (χ0) is 28.2. The van der Waals surface area contributed by atoms with Crippen molar-refractivity contribution in [1.29, 1.82) is 0 Å². The standard InChI is InChI=1S/C31H36N2O5S/c1-29(2,3)23-15-36-27(32-23)31(7,28-33-24(16-37-28)30(4,5)6)17-38-26(35)18-12-13-20-22(14-18)39-21-11-9-8-10-19(21)25(20)34/h8-14,23-24H,15-17H2,1-7H3/t23-,24-/m1/s1. The number of hydrogen-bond donors (Lipinski definition) is 0. The lowest BCUT2D eigenvalue weighted by Gasteiger charge is -2.27. The van der Waals surface area contributed by atoms with Gasteiger partial charge in [-0.15, -0.1) is 11.3 Å². The van der Waals surface area contributed by atoms with Crippen molar-refractivity contribution < 1.29 is 19.0 Å². The molecule has 3 aromatic rings. The highest BCUT2D eigenvalue weighted by molar-refractivity contribution is 7.24. The average Bonchev–Trinajstić information content (AvgIpc) is 3.58. The fourth-order valence-electron chi connectivity index (χ4n) is 4.67. The Kier molecular flexibility index (Phi) is 6.82. The predicted octanol–water partition coefficient (Wildman–Crippen LogP) is 6.26. The first-order chi connectivity index (χ1) is 18.3. The maximum atomic E-state index is 13.3. The molecule has 0 saturated carbocycles. The zero-order valence-electron chi connectivity index (χ0n) is 23.7. The summed E-state index contributed by atoms with van der Waals surface area (Å²) in [6, 6.07) is 12.5. The number of carbonyl (C=O) groups is 1. The molecule has 2 aliphatic heterocycles. The Labute approximate surface area is 232 Å². The molecule has 0 aliphatic carbocycles. The molecular weight excluding hydrogens is 512 g/mol. The Morgan fingerprint density at radius 1 is 0.872 bits per heavy atom. The van der Waals surface area contributed by atoms with Crippen molar-refractivity contribution >= 4 is 49.3 Å². The van der Waals surface area contributed by atoms with Crippen LogP contribution < -0.4 is 5.43 Å². The summed E-state index contributed by atoms with van der Waals surface area (Å²) in [4.78, 5) is 36.1. The molecule has 0 radical (unpaired) electrons. The molecule has 2 aromatic carbocycles. The van der Waals surface area contributed by atoms with Crippen molar-refractivity contribution in [2.75, 3.05) is 19.8 Å². The average molecular weight is 549 g/mol. The van der Waals surface area contributed by atoms with Crippen LogP contribution in [0.3, 0.4) is 0 Å². The molecule has 0 spiro atoms. The number of rotatable bonds is 5. The maximum Gasteiger partial charge on any atom is 0.338 e. The van der Waals surface area contributed by atoms with Crippen molar-refractivity contribution in [3.63, 3.8) is 0 Å². The second-order valence-electron chi connectivity index (χ2n) is 12.8. The first-order valence-corrected chi connectivity index (χ1v) is 14.1. The number of ether oxygens (including phenoxy) is 3. The van der Waals surface area contributed by atoms with E-state index >= 15 is 0 Å². The van der Waals surface area contributed by atoms with Gasteiger partial charge in [0.1, 0.15) is 19.8 Å². The molecule has 3 heterocycles. The number of aliphatic imine (C=N–C) groups is 2. The summed E-state index contributed by atoms with van der Waals surface area (Å²) in [5, 5.41) is 1.27. The SMILES string of the molecule is CC(COC(=O)c1ccc2c(=O)c3ccccc3sc2c1)(C1=N[C@@H](C(C)(C)C)CO1)C1=N[C@@H](C(C)(C)C)CO1. The number of fused-ring (bicyclic) bond motifs is 2. The molecule has 7 nitrogen and oxygen atoms in total. The van der Waals surface area contributed by atoms with Gasteiger partial charge in [-0.1, -0.05) is 53.7 Å². The van der Waals surface area contributed by atoms with Gasteiger partial charge in [-0.2, -0.15) is 0 Å². The van der Waals surface area contributed by atoms with Crippen molar-refractivity contribution in [2.24, 2.45) is 26.2 Å². The highest BCUT2D eigenvalue weighted by atomic mass is 32.1. The van der Waals surface area contributed by atoms with E-state index < -0.39 is 11.4 Å². The minimum Gasteiger partial charge on any atom is -0.478 e. The molecule has 1 aromatic heterocycles. The van der Waals surface area contributed by atoms with E-state index in [4.69, 9.17) is 24.2 Å². The van der Waals surface area contributed by atoms with Crippen LogP contribution in [0, 0.1) is 16.2 Å². The molecule has 39 heavy (non-hydrogen) atoms. The van der Waals surface area contributed by atoms with E-state index in [1.54, 1.807) is 18.2 Å². The van der Waals surface area contributed by atoms with Crippen LogP contribution in [0.2, 0.25) is 0 Å². The molecule has 8 heteroatoms. The van der Waals surface area contributed by atoms with Crippen LogP contribution in [0.1, 0.15) is 58.8 Å². The van der Waals surface area contributed by atoms with Crippen LogP contribution in [-0.2, 0) is 14.2 Å². The molecule has 0 bridgehead atoms. The van der Waals surface area contributed by atoms with Gasteiger partial charge in [-0.25, -0.2) is 14.8 Å². The highest BCUT2D eigenvalue weighted by Gasteiger charge is 2.48. The smallest absolute Gasteiger partial charge is 0.338 e. The van der Waals surface area contributed by atoms with Crippen LogP contribution in [0.15, 0.2) is 57.2 Å². The molecule has 5 rings (SSSR count). The second-order valence-corrected chi connectivity index (χ2v) is 13.9. The van der Waals surface area contributed by atoms with E-state index in [-0.39, 0.29) is 34.9 Å². The molecule has 0 unspecified atom stereocenters. The summed E-state index contributed by atoms with van der Waals surface area (Å²) in [5.41, 5.74) is -0.792. The third-order valence-electron chi connectivity index (χ3n) is 7.55. The number of nitrogens with zero attached hydrogens (tertiary/aromatic N) is 2. The van der Waals surface area contributed by atoms with E-state index in [0.717, 1.165) is 9.40 Å². The topological polar surface area (TPSA) is 86.6 Å². The molecule has 0 N–H and O–H groups in total. The van der Waals surface area contributed by atoms with Crippen molar-refractivity contribution in [3.8, 4) is 0 Å². The lowest BCUT2D eigenvalue weighted by Crippen LogP contribution is -2.42. The summed E-state index contributed by atoms with van der Waals surface area (Å²) in [6.07, 6.45) is 0. The van der Waals surface area contributed by atoms with Crippen LogP contribution >= 0.6 is 11.3 Å². The van der Waals surface area contributed by atoms with Gasteiger partial charge in [0.05, 0.1) is 17.6 Å². The fourth-order valence-corrected chi connectivity index (χ4v) is 5.79. The van der Waals surface area contributed by atoms with Gasteiger partial charge in [0.2, 0.25) is 11.8 Å². The summed E-state index contributed by atoms with van der Waals surface area (Å²) >= 11 is 1.48. The molecule has 206 valence electrons. The van der Waals surface area contributed by atoms with Crippen LogP contribution in [0.4, 0.5) is 0 Å². The largest absolute Gasteiger partial charge is 0.478 e. The Balaban J connectivity index is 1.45. The second kappa shape index (κ2) is 9.73. The molecule has 2 aliphatic rings. The summed E-state index contributed by atoms with van der Waals surface area (Å²) in [5.74, 6) is 0.464. The molecule has 0 saturated heterocycles. The number of benzene rings is 2. The van der Waals surface area contributed by atoms with Gasteiger partial charge < -0.3 is 14.2 Å². The third kappa shape index (κ3) is 5.19. The third-order valence-corrected chi connectivity index (χ3v) is 8.68. The number of carbonyl (C=O) groups excluding carboxylic acids is 1. The molecule has 0 fully saturated rings. The summed E-state index contributed by atoms with van der Waals surface area (Å²) < 4.78 is 19.7. The van der Waals surface area contributed by atoms with Gasteiger partial charge in [0.15, 0.2) is 10.8 Å². The van der Waals surface area contributed by atoms with Crippen LogP contribution in [0.25, 0.3) is 20.2 Å². The lowest BCUT2D eigenvalue weighted by molar-refractivity contribution is 0.0423. The van der Waals surface area contributed by atoms with E-state index in [0.29, 0.717) is 41.3 Å². The van der Waals surface area contributed by atoms with E-state index in [1.165, 1.54) is 11.3 Å². The van der Waals surface area contributed by atoms with Gasteiger partial charge in [0.25, 0.3) is 0 Å². The molecular formula is C31H36N2O5S. The Hall–Kier alpha value is -3.26. The van der Waals surface area contributed by atoms with Crippen molar-refractivity contribution in [1.82, 2.24) is 0 Å². The lowest BCUT2D eigenvalue weighted by atomic mass is 9.87. The maximum absolute atomic E-state index is 13.3. The molecule has 2 atom stereocenters. The van der Waals surface area contributed by atoms with E-state index in [2.05, 4.69) is 41.5 Å². The summed E-state index contributed by atoms with van der Waals surface area (Å²) in [7, 11) is 0. The highest BCUT2D eigenvalue weighted by Crippen LogP contribution is 2.37. The minimum atomic E-state index is -0.965. The normalized spacial score (nSPS) is 20.0. The minimum absolute atomic E-state index is 0.0268. The van der Waals surface area contributed by atoms with Crippen molar-refractivity contribution in [3.05, 3.63) is 58.3 Å². The molecule has 0 amide bonds. The van der Waals surface area contributed by atoms with Crippen molar-refractivity contribution in [2.45, 2.75) is 60.5 Å². The van der Waals surface area contributed by atoms with Gasteiger partial charge in [-0.3, -0.25) is 4.79 Å². The van der Waals surface area contributed by atoms with Crippen LogP contribution in [0.5, 0.6) is 0 Å². The van der Waals surface area contributed by atoms with Gasteiger partial charge in [-0.05, 0) is 48.1 Å². The van der Waals surface area contributed by atoms with Gasteiger partial charge >= 0.3 is 5.97 Å². The van der Waals surface area contributed by atoms with Gasteiger partial charge in [0, 0.05) is 20.2 Å². The van der Waals surface area contributed by atoms with Crippen LogP contribution in [-0.4, -0.2) is 49.7 Å². The van der Waals surface area contributed by atoms with E-state index in [1.807, 2.05) is 31.2 Å². The Morgan fingerprint density at radius 2 is 1.44 bits per heavy atom. The zero-order valence-corrected chi connectivity index (χ0v) is 24.5. The Morgan fingerprint density at radius 3 is 2.00 bits per heavy atom. The first kappa shape index (κ1) is 27.3.